The number of carbonyl (C=O) groups excluding carboxylic acids is 1. The van der Waals surface area contributed by atoms with E-state index in [-0.39, 0.29) is 34.8 Å². The second kappa shape index (κ2) is 13.0. The minimum absolute atomic E-state index is 0.0541. The molecule has 0 radical (unpaired) electrons. The number of benzene rings is 1. The van der Waals surface area contributed by atoms with Crippen molar-refractivity contribution in [3.8, 4) is 17.4 Å². The number of halogens is 4. The molecule has 0 bridgehead atoms. The summed E-state index contributed by atoms with van der Waals surface area (Å²) in [6, 6.07) is 5.66. The first-order chi connectivity index (χ1) is 20.9. The molecule has 1 aliphatic carbocycles. The van der Waals surface area contributed by atoms with Crippen LogP contribution in [0.25, 0.3) is 0 Å². The van der Waals surface area contributed by atoms with Crippen LogP contribution in [0.3, 0.4) is 0 Å². The van der Waals surface area contributed by atoms with Gasteiger partial charge in [0.1, 0.15) is 29.7 Å². The van der Waals surface area contributed by atoms with E-state index in [1.807, 2.05) is 12.3 Å². The highest BCUT2D eigenvalue weighted by Crippen LogP contribution is 2.51. The van der Waals surface area contributed by atoms with Crippen molar-refractivity contribution < 1.29 is 31.8 Å². The third-order valence-electron chi connectivity index (χ3n) is 8.10. The molecule has 0 unspecified atom stereocenters. The summed E-state index contributed by atoms with van der Waals surface area (Å²) in [6.45, 7) is 5.99. The first-order valence-corrected chi connectivity index (χ1v) is 14.4. The topological polar surface area (TPSA) is 106 Å². The molecule has 3 aromatic rings. The van der Waals surface area contributed by atoms with E-state index in [4.69, 9.17) is 9.47 Å². The second-order valence-corrected chi connectivity index (χ2v) is 11.8. The van der Waals surface area contributed by atoms with Crippen LogP contribution in [0.4, 0.5) is 23.4 Å². The highest BCUT2D eigenvalue weighted by Gasteiger charge is 2.54. The van der Waals surface area contributed by atoms with E-state index in [0.29, 0.717) is 12.1 Å². The Morgan fingerprint density at radius 2 is 1.95 bits per heavy atom. The van der Waals surface area contributed by atoms with Gasteiger partial charge >= 0.3 is 6.18 Å². The molecule has 236 valence electrons. The van der Waals surface area contributed by atoms with Crippen LogP contribution in [0.2, 0.25) is 0 Å². The van der Waals surface area contributed by atoms with Crippen LogP contribution in [0, 0.1) is 11.2 Å². The molecule has 1 saturated heterocycles. The first kappa shape index (κ1) is 31.5. The normalized spacial score (nSPS) is 17.3. The summed E-state index contributed by atoms with van der Waals surface area (Å²) in [5, 5.41) is 11.3. The molecular formula is C30H35F4N7O3. The number of ether oxygens (including phenoxy) is 2. The molecule has 6 rings (SSSR count). The highest BCUT2D eigenvalue weighted by atomic mass is 19.4. The quantitative estimate of drug-likeness (QED) is 0.285. The van der Waals surface area contributed by atoms with Crippen LogP contribution < -0.4 is 19.7 Å². The predicted molar refractivity (Wildman–Crippen MR) is 153 cm³/mol. The maximum Gasteiger partial charge on any atom is 0.401 e. The van der Waals surface area contributed by atoms with Gasteiger partial charge in [-0.25, -0.2) is 9.37 Å². The lowest BCUT2D eigenvalue weighted by Gasteiger charge is -2.58. The average Bonchev–Trinajstić information content (AvgIpc) is 2.94. The van der Waals surface area contributed by atoms with E-state index in [1.54, 1.807) is 13.8 Å². The van der Waals surface area contributed by atoms with E-state index < -0.39 is 18.5 Å². The van der Waals surface area contributed by atoms with Crippen molar-refractivity contribution in [2.45, 2.75) is 58.0 Å². The summed E-state index contributed by atoms with van der Waals surface area (Å²) in [7, 11) is 1.46. The first-order valence-electron chi connectivity index (χ1n) is 14.4. The number of pyridine rings is 1. The molecule has 0 amide bonds. The molecule has 4 heterocycles. The Morgan fingerprint density at radius 3 is 2.64 bits per heavy atom. The maximum absolute atomic E-state index is 13.4. The van der Waals surface area contributed by atoms with Crippen molar-refractivity contribution >= 4 is 12.1 Å². The fraction of sp³-hybridized carbons (Fsp3) is 0.500. The van der Waals surface area contributed by atoms with Gasteiger partial charge in [0, 0.05) is 61.5 Å². The van der Waals surface area contributed by atoms with E-state index in [1.165, 1.54) is 36.0 Å². The molecule has 1 saturated carbocycles. The number of hydrogen-bond acceptors (Lipinski definition) is 10. The molecule has 1 aromatic carbocycles. The number of anilines is 1. The SMILES string of the molecule is CC(C)N(C)CC(F)(F)F.O=Cc1cc(F)ccc1Oc1nncnc1N1CC2(CC(Oc3ccnc4c3CNCC4)C2)C1. The van der Waals surface area contributed by atoms with E-state index in [9.17, 15) is 22.4 Å². The van der Waals surface area contributed by atoms with Crippen LogP contribution >= 0.6 is 0 Å². The van der Waals surface area contributed by atoms with Crippen molar-refractivity contribution in [1.29, 1.82) is 0 Å². The zero-order valence-electron chi connectivity index (χ0n) is 24.8. The van der Waals surface area contributed by atoms with Crippen molar-refractivity contribution in [3.05, 3.63) is 59.4 Å². The number of nitrogens with zero attached hydrogens (tertiary/aromatic N) is 6. The summed E-state index contributed by atoms with van der Waals surface area (Å²) in [5.74, 6) is 1.38. The van der Waals surface area contributed by atoms with Crippen molar-refractivity contribution in [2.75, 3.05) is 38.1 Å². The zero-order valence-corrected chi connectivity index (χ0v) is 24.8. The Hall–Kier alpha value is -3.91. The minimum atomic E-state index is -4.07. The number of aromatic nitrogens is 4. The monoisotopic (exact) mass is 617 g/mol. The number of hydrogen-bond donors (Lipinski definition) is 1. The van der Waals surface area contributed by atoms with E-state index in [0.717, 1.165) is 63.0 Å². The minimum Gasteiger partial charge on any atom is -0.490 e. The van der Waals surface area contributed by atoms with Crippen molar-refractivity contribution in [1.82, 2.24) is 30.4 Å². The Morgan fingerprint density at radius 1 is 1.18 bits per heavy atom. The predicted octanol–water partition coefficient (Wildman–Crippen LogP) is 4.59. The van der Waals surface area contributed by atoms with Gasteiger partial charge in [0.15, 0.2) is 12.1 Å². The third-order valence-corrected chi connectivity index (χ3v) is 8.10. The van der Waals surface area contributed by atoms with Crippen LogP contribution in [-0.4, -0.2) is 82.9 Å². The number of aldehydes is 1. The van der Waals surface area contributed by atoms with Gasteiger partial charge in [-0.1, -0.05) is 0 Å². The largest absolute Gasteiger partial charge is 0.490 e. The maximum atomic E-state index is 13.4. The molecule has 2 fully saturated rings. The number of fused-ring (bicyclic) bond motifs is 1. The molecule has 14 heteroatoms. The standard InChI is InChI=1S/C24H23FN6O3.C6H12F3N/c25-16-1-2-20(15(7-16)11-32)34-23-22(28-14-29-30-23)31-12-24(13-31)8-17(9-24)33-21-4-6-27-19-3-5-26-10-18(19)21;1-5(2)10(3)4-6(7,8)9/h1-2,4,6-7,11,14,17,26H,3,5,8-10,12-13H2;5H,4H2,1-3H3. The molecule has 2 aromatic heterocycles. The molecular weight excluding hydrogens is 582 g/mol. The zero-order chi connectivity index (χ0) is 31.5. The average molecular weight is 618 g/mol. The molecule has 2 aliphatic heterocycles. The Kier molecular flexibility index (Phi) is 9.30. The molecule has 44 heavy (non-hydrogen) atoms. The van der Waals surface area contributed by atoms with Gasteiger partial charge in [-0.2, -0.15) is 13.2 Å². The van der Waals surface area contributed by atoms with Crippen LogP contribution in [0.5, 0.6) is 17.4 Å². The lowest BCUT2D eigenvalue weighted by molar-refractivity contribution is -0.146. The summed E-state index contributed by atoms with van der Waals surface area (Å²) in [6.07, 6.45) is 2.73. The van der Waals surface area contributed by atoms with Gasteiger partial charge in [0.25, 0.3) is 5.88 Å². The molecule has 10 nitrogen and oxygen atoms in total. The molecule has 0 atom stereocenters. The molecule has 1 N–H and O–H groups in total. The lowest BCUT2D eigenvalue weighted by atomic mass is 9.61. The van der Waals surface area contributed by atoms with Gasteiger partial charge in [-0.15, -0.1) is 10.2 Å². The molecule has 3 aliphatic rings. The third kappa shape index (κ3) is 7.41. The Balaban J connectivity index is 0.000000333. The van der Waals surface area contributed by atoms with Crippen LogP contribution in [-0.2, 0) is 13.0 Å². The van der Waals surface area contributed by atoms with Gasteiger partial charge in [-0.3, -0.25) is 14.7 Å². The summed E-state index contributed by atoms with van der Waals surface area (Å²) < 4.78 is 60.5. The van der Waals surface area contributed by atoms with Gasteiger partial charge < -0.3 is 19.7 Å². The number of nitrogens with one attached hydrogen (secondary N) is 1. The number of carbonyl (C=O) groups is 1. The lowest BCUT2D eigenvalue weighted by Crippen LogP contribution is -2.65. The number of rotatable bonds is 8. The Bertz CT molecular complexity index is 1460. The van der Waals surface area contributed by atoms with Crippen LogP contribution in [0.1, 0.15) is 48.3 Å². The molecule has 1 spiro atoms. The summed E-state index contributed by atoms with van der Waals surface area (Å²) in [4.78, 5) is 23.5. The van der Waals surface area contributed by atoms with E-state index >= 15 is 0 Å². The smallest absolute Gasteiger partial charge is 0.401 e. The van der Waals surface area contributed by atoms with Gasteiger partial charge in [0.2, 0.25) is 0 Å². The second-order valence-electron chi connectivity index (χ2n) is 11.8. The van der Waals surface area contributed by atoms with Crippen molar-refractivity contribution in [2.24, 2.45) is 5.41 Å². The van der Waals surface area contributed by atoms with Gasteiger partial charge in [-0.05, 0) is 58.0 Å². The van der Waals surface area contributed by atoms with Crippen molar-refractivity contribution in [3.63, 3.8) is 0 Å². The summed E-state index contributed by atoms with van der Waals surface area (Å²) in [5.41, 5.74) is 2.59. The highest BCUT2D eigenvalue weighted by molar-refractivity contribution is 5.79. The summed E-state index contributed by atoms with van der Waals surface area (Å²) >= 11 is 0. The van der Waals surface area contributed by atoms with E-state index in [2.05, 4.69) is 30.4 Å². The fourth-order valence-corrected chi connectivity index (χ4v) is 5.61. The number of alkyl halides is 3. The fourth-order valence-electron chi connectivity index (χ4n) is 5.61. The van der Waals surface area contributed by atoms with Gasteiger partial charge in [0.05, 0.1) is 12.1 Å². The van der Waals surface area contributed by atoms with Crippen LogP contribution in [0.15, 0.2) is 36.8 Å². The Labute approximate surface area is 252 Å².